The summed E-state index contributed by atoms with van der Waals surface area (Å²) in [7, 11) is 1.64. The molecular formula is C27H26N2O7. The highest BCUT2D eigenvalue weighted by Gasteiger charge is 2.29. The largest absolute Gasteiger partial charge is 0.454 e. The molecule has 0 radical (unpaired) electrons. The van der Waals surface area contributed by atoms with Gasteiger partial charge in [0.25, 0.3) is 11.8 Å². The van der Waals surface area contributed by atoms with Gasteiger partial charge in [-0.2, -0.15) is 0 Å². The van der Waals surface area contributed by atoms with Crippen molar-refractivity contribution in [1.82, 2.24) is 10.2 Å². The Labute approximate surface area is 208 Å². The molecule has 186 valence electrons. The zero-order valence-corrected chi connectivity index (χ0v) is 19.7. The number of rotatable bonds is 8. The molecular weight excluding hydrogens is 464 g/mol. The van der Waals surface area contributed by atoms with Crippen molar-refractivity contribution in [3.05, 3.63) is 83.4 Å². The van der Waals surface area contributed by atoms with E-state index in [9.17, 15) is 14.7 Å². The Kier molecular flexibility index (Phi) is 6.64. The van der Waals surface area contributed by atoms with Crippen molar-refractivity contribution in [3.63, 3.8) is 0 Å². The fourth-order valence-corrected chi connectivity index (χ4v) is 4.24. The van der Waals surface area contributed by atoms with Crippen LogP contribution in [-0.2, 0) is 6.42 Å². The molecule has 0 saturated heterocycles. The van der Waals surface area contributed by atoms with E-state index in [1.807, 2.05) is 30.3 Å². The summed E-state index contributed by atoms with van der Waals surface area (Å²) in [6, 6.07) is 18.9. The van der Waals surface area contributed by atoms with Crippen molar-refractivity contribution >= 4 is 11.8 Å². The average molecular weight is 491 g/mol. The predicted octanol–water partition coefficient (Wildman–Crippen LogP) is 2.62. The van der Waals surface area contributed by atoms with Crippen molar-refractivity contribution in [2.45, 2.75) is 18.6 Å². The van der Waals surface area contributed by atoms with E-state index in [-0.39, 0.29) is 31.9 Å². The molecule has 0 aliphatic carbocycles. The first-order chi connectivity index (χ1) is 17.5. The molecule has 2 aliphatic rings. The van der Waals surface area contributed by atoms with E-state index >= 15 is 0 Å². The molecule has 0 bridgehead atoms. The van der Waals surface area contributed by atoms with Crippen LogP contribution in [0.5, 0.6) is 23.0 Å². The van der Waals surface area contributed by atoms with Crippen LogP contribution in [0.1, 0.15) is 26.3 Å². The molecule has 2 unspecified atom stereocenters. The van der Waals surface area contributed by atoms with Crippen molar-refractivity contribution < 1.29 is 33.6 Å². The first-order valence-electron chi connectivity index (χ1n) is 11.6. The lowest BCUT2D eigenvalue weighted by Crippen LogP contribution is -2.50. The maximum atomic E-state index is 13.4. The van der Waals surface area contributed by atoms with Crippen LogP contribution in [-0.4, -0.2) is 61.1 Å². The minimum atomic E-state index is -1.04. The lowest BCUT2D eigenvalue weighted by molar-refractivity contribution is 0.0436. The number of benzene rings is 3. The van der Waals surface area contributed by atoms with Gasteiger partial charge in [0.15, 0.2) is 23.0 Å². The number of aliphatic hydroxyl groups is 1. The maximum Gasteiger partial charge on any atom is 0.254 e. The summed E-state index contributed by atoms with van der Waals surface area (Å²) in [5, 5.41) is 13.9. The van der Waals surface area contributed by atoms with E-state index in [2.05, 4.69) is 5.32 Å². The second-order valence-corrected chi connectivity index (χ2v) is 8.59. The van der Waals surface area contributed by atoms with Crippen LogP contribution < -0.4 is 24.3 Å². The second kappa shape index (κ2) is 10.2. The highest BCUT2D eigenvalue weighted by Crippen LogP contribution is 2.33. The van der Waals surface area contributed by atoms with Gasteiger partial charge >= 0.3 is 0 Å². The Bertz CT molecular complexity index is 1260. The van der Waals surface area contributed by atoms with Gasteiger partial charge in [0, 0.05) is 24.7 Å². The number of likely N-dealkylation sites (N-methyl/N-ethyl adjacent to an activating group) is 1. The minimum Gasteiger partial charge on any atom is -0.454 e. The first-order valence-corrected chi connectivity index (χ1v) is 11.6. The Morgan fingerprint density at radius 2 is 1.44 bits per heavy atom. The molecule has 0 spiro atoms. The first kappa shape index (κ1) is 23.5. The number of nitrogens with one attached hydrogen (secondary N) is 1. The van der Waals surface area contributed by atoms with Gasteiger partial charge in [-0.05, 0) is 48.4 Å². The van der Waals surface area contributed by atoms with Crippen LogP contribution in [0.3, 0.4) is 0 Å². The summed E-state index contributed by atoms with van der Waals surface area (Å²) < 4.78 is 21.3. The second-order valence-electron chi connectivity index (χ2n) is 8.59. The van der Waals surface area contributed by atoms with Crippen molar-refractivity contribution in [2.24, 2.45) is 0 Å². The van der Waals surface area contributed by atoms with Crippen molar-refractivity contribution in [1.29, 1.82) is 0 Å². The van der Waals surface area contributed by atoms with Crippen molar-refractivity contribution in [2.75, 3.05) is 27.2 Å². The third-order valence-corrected chi connectivity index (χ3v) is 6.28. The molecule has 3 aromatic carbocycles. The fraction of sp³-hybridized carbons (Fsp3) is 0.259. The Morgan fingerprint density at radius 3 is 2.11 bits per heavy atom. The maximum absolute atomic E-state index is 13.4. The van der Waals surface area contributed by atoms with Gasteiger partial charge in [-0.1, -0.05) is 30.3 Å². The zero-order chi connectivity index (χ0) is 25.1. The highest BCUT2D eigenvalue weighted by molar-refractivity contribution is 5.95. The normalized spacial score (nSPS) is 14.7. The number of fused-ring (bicyclic) bond motifs is 2. The molecule has 2 aliphatic heterocycles. The van der Waals surface area contributed by atoms with E-state index in [0.29, 0.717) is 40.5 Å². The van der Waals surface area contributed by atoms with Crippen LogP contribution in [0.2, 0.25) is 0 Å². The van der Waals surface area contributed by atoms with E-state index in [4.69, 9.17) is 18.9 Å². The number of amides is 2. The zero-order valence-electron chi connectivity index (χ0n) is 19.7. The van der Waals surface area contributed by atoms with Crippen LogP contribution in [0.4, 0.5) is 0 Å². The van der Waals surface area contributed by atoms with Crippen molar-refractivity contribution in [3.8, 4) is 23.0 Å². The third kappa shape index (κ3) is 4.92. The topological polar surface area (TPSA) is 107 Å². The number of ether oxygens (including phenoxy) is 4. The number of hydrogen-bond donors (Lipinski definition) is 2. The molecule has 3 aromatic rings. The van der Waals surface area contributed by atoms with E-state index < -0.39 is 12.1 Å². The SMILES string of the molecule is CN(C(=O)c1ccc2c(c1)OCO2)C(Cc1ccccc1)C(O)CNC(=O)c1ccc2c(c1)OCO2. The molecule has 0 saturated carbocycles. The Hall–Kier alpha value is -4.24. The van der Waals surface area contributed by atoms with E-state index in [1.165, 1.54) is 4.90 Å². The lowest BCUT2D eigenvalue weighted by Gasteiger charge is -2.32. The summed E-state index contributed by atoms with van der Waals surface area (Å²) in [4.78, 5) is 27.6. The molecule has 0 fully saturated rings. The Morgan fingerprint density at radius 1 is 0.861 bits per heavy atom. The number of nitrogens with zero attached hydrogens (tertiary/aromatic N) is 1. The average Bonchev–Trinajstić information content (AvgIpc) is 3.58. The van der Waals surface area contributed by atoms with Crippen LogP contribution >= 0.6 is 0 Å². The molecule has 2 N–H and O–H groups in total. The van der Waals surface area contributed by atoms with Gasteiger partial charge < -0.3 is 34.3 Å². The summed E-state index contributed by atoms with van der Waals surface area (Å²) in [6.45, 7) is 0.175. The monoisotopic (exact) mass is 490 g/mol. The third-order valence-electron chi connectivity index (χ3n) is 6.28. The highest BCUT2D eigenvalue weighted by atomic mass is 16.7. The molecule has 5 rings (SSSR count). The van der Waals surface area contributed by atoms with Gasteiger partial charge in [-0.3, -0.25) is 9.59 Å². The van der Waals surface area contributed by atoms with Gasteiger partial charge in [-0.25, -0.2) is 0 Å². The molecule has 2 heterocycles. The number of aliphatic hydroxyl groups excluding tert-OH is 1. The quantitative estimate of drug-likeness (QED) is 0.500. The molecule has 36 heavy (non-hydrogen) atoms. The summed E-state index contributed by atoms with van der Waals surface area (Å²) in [5.74, 6) is 1.52. The lowest BCUT2D eigenvalue weighted by atomic mass is 9.98. The molecule has 2 amide bonds. The predicted molar refractivity (Wildman–Crippen MR) is 129 cm³/mol. The van der Waals surface area contributed by atoms with Gasteiger partial charge in [0.1, 0.15) is 0 Å². The molecule has 9 nitrogen and oxygen atoms in total. The number of carbonyl (C=O) groups is 2. The molecule has 0 aromatic heterocycles. The Balaban J connectivity index is 1.31. The smallest absolute Gasteiger partial charge is 0.254 e. The van der Waals surface area contributed by atoms with E-state index in [0.717, 1.165) is 5.56 Å². The number of carbonyl (C=O) groups excluding carboxylic acids is 2. The van der Waals surface area contributed by atoms with Crippen LogP contribution in [0, 0.1) is 0 Å². The standard InChI is InChI=1S/C27H26N2O7/c1-29(27(32)19-8-10-23-25(13-19)36-16-34-23)20(11-17-5-3-2-4-6-17)21(30)14-28-26(31)18-7-9-22-24(12-18)35-15-33-22/h2-10,12-13,20-21,30H,11,14-16H2,1H3,(H,28,31). The molecule has 9 heteroatoms. The molecule has 2 atom stereocenters. The van der Waals surface area contributed by atoms with Gasteiger partial charge in [0.05, 0.1) is 12.1 Å². The summed E-state index contributed by atoms with van der Waals surface area (Å²) >= 11 is 0. The fourth-order valence-electron chi connectivity index (χ4n) is 4.24. The number of hydrogen-bond acceptors (Lipinski definition) is 7. The van der Waals surface area contributed by atoms with Crippen LogP contribution in [0.25, 0.3) is 0 Å². The minimum absolute atomic E-state index is 0.0520. The van der Waals surface area contributed by atoms with Gasteiger partial charge in [0.2, 0.25) is 13.6 Å². The van der Waals surface area contributed by atoms with E-state index in [1.54, 1.807) is 43.4 Å². The summed E-state index contributed by atoms with van der Waals surface area (Å²) in [6.07, 6.45) is -0.638. The van der Waals surface area contributed by atoms with Crippen LogP contribution in [0.15, 0.2) is 66.7 Å². The van der Waals surface area contributed by atoms with Gasteiger partial charge in [-0.15, -0.1) is 0 Å². The summed E-state index contributed by atoms with van der Waals surface area (Å²) in [5.41, 5.74) is 1.75.